The highest BCUT2D eigenvalue weighted by molar-refractivity contribution is 5.94. The highest BCUT2D eigenvalue weighted by Gasteiger charge is 2.33. The molecule has 0 spiro atoms. The third-order valence-electron chi connectivity index (χ3n) is 5.61. The first kappa shape index (κ1) is 19.3. The number of carbonyl (C=O) groups excluding carboxylic acids is 1. The van der Waals surface area contributed by atoms with Crippen LogP contribution in [0.3, 0.4) is 0 Å². The molecule has 1 fully saturated rings. The second-order valence-corrected chi connectivity index (χ2v) is 7.38. The van der Waals surface area contributed by atoms with Gasteiger partial charge in [-0.15, -0.1) is 0 Å². The van der Waals surface area contributed by atoms with E-state index < -0.39 is 6.09 Å². The molecule has 29 heavy (non-hydrogen) atoms. The lowest BCUT2D eigenvalue weighted by molar-refractivity contribution is -0.148. The van der Waals surface area contributed by atoms with Gasteiger partial charge in [0.25, 0.3) is 5.91 Å². The first-order valence-corrected chi connectivity index (χ1v) is 9.76. The number of likely N-dealkylation sites (tertiary alicyclic amines) is 1. The minimum atomic E-state index is -0.866. The molecular weight excluding hydrogens is 372 g/mol. The van der Waals surface area contributed by atoms with E-state index in [1.165, 1.54) is 4.90 Å². The van der Waals surface area contributed by atoms with E-state index in [-0.39, 0.29) is 18.1 Å². The van der Waals surface area contributed by atoms with Gasteiger partial charge in [-0.05, 0) is 48.2 Å². The smallest absolute Gasteiger partial charge is 0.407 e. The number of rotatable bonds is 3. The second-order valence-electron chi connectivity index (χ2n) is 7.38. The van der Waals surface area contributed by atoms with Gasteiger partial charge < -0.3 is 24.8 Å². The van der Waals surface area contributed by atoms with Crippen molar-refractivity contribution in [1.82, 2.24) is 10.2 Å². The maximum Gasteiger partial charge on any atom is 0.407 e. The summed E-state index contributed by atoms with van der Waals surface area (Å²) in [6.07, 6.45) is 0.274. The van der Waals surface area contributed by atoms with Gasteiger partial charge in [-0.25, -0.2) is 4.79 Å². The lowest BCUT2D eigenvalue weighted by atomic mass is 9.95. The van der Waals surface area contributed by atoms with Gasteiger partial charge in [0, 0.05) is 37.2 Å². The Balaban J connectivity index is 1.44. The van der Waals surface area contributed by atoms with E-state index in [9.17, 15) is 9.59 Å². The summed E-state index contributed by atoms with van der Waals surface area (Å²) in [7, 11) is 1.61. The minimum Gasteiger partial charge on any atom is -0.465 e. The molecule has 1 atom stereocenters. The van der Waals surface area contributed by atoms with Crippen LogP contribution in [-0.2, 0) is 11.3 Å². The monoisotopic (exact) mass is 396 g/mol. The highest BCUT2D eigenvalue weighted by Crippen LogP contribution is 2.35. The van der Waals surface area contributed by atoms with Crippen LogP contribution in [0.4, 0.5) is 4.79 Å². The van der Waals surface area contributed by atoms with E-state index in [0.29, 0.717) is 25.3 Å². The van der Waals surface area contributed by atoms with Crippen molar-refractivity contribution >= 4 is 12.0 Å². The number of hydrogen-bond donors (Lipinski definition) is 2. The number of nitrogens with zero attached hydrogens (tertiary/aromatic N) is 1. The first-order valence-electron chi connectivity index (χ1n) is 9.76. The molecule has 1 unspecified atom stereocenters. The molecule has 2 N–H and O–H groups in total. The molecule has 2 heterocycles. The molecule has 1 saturated heterocycles. The van der Waals surface area contributed by atoms with Crippen molar-refractivity contribution < 1.29 is 24.2 Å². The van der Waals surface area contributed by atoms with Crippen molar-refractivity contribution in [1.29, 1.82) is 0 Å². The Bertz CT molecular complexity index is 904. The van der Waals surface area contributed by atoms with E-state index in [1.807, 2.05) is 30.3 Å². The largest absolute Gasteiger partial charge is 0.465 e. The van der Waals surface area contributed by atoms with Crippen LogP contribution < -0.4 is 10.1 Å². The van der Waals surface area contributed by atoms with Gasteiger partial charge in [0.05, 0.1) is 6.61 Å². The highest BCUT2D eigenvalue weighted by atomic mass is 16.7. The molecular formula is C22H24N2O5. The average molecular weight is 396 g/mol. The Kier molecular flexibility index (Phi) is 5.40. The third kappa shape index (κ3) is 4.05. The van der Waals surface area contributed by atoms with Gasteiger partial charge in [-0.2, -0.15) is 0 Å². The molecule has 2 amide bonds. The summed E-state index contributed by atoms with van der Waals surface area (Å²) in [4.78, 5) is 24.2. The van der Waals surface area contributed by atoms with E-state index in [2.05, 4.69) is 5.32 Å². The van der Waals surface area contributed by atoms with Crippen molar-refractivity contribution in [2.45, 2.75) is 25.7 Å². The molecule has 2 aromatic rings. The molecule has 2 aromatic carbocycles. The van der Waals surface area contributed by atoms with Crippen LogP contribution in [0.1, 0.15) is 28.8 Å². The molecule has 7 heteroatoms. The Morgan fingerprint density at radius 2 is 1.76 bits per heavy atom. The van der Waals surface area contributed by atoms with Gasteiger partial charge in [0.15, 0.2) is 0 Å². The number of carbonyl (C=O) groups is 2. The van der Waals surface area contributed by atoms with Crippen LogP contribution in [0.5, 0.6) is 5.75 Å². The van der Waals surface area contributed by atoms with Crippen LogP contribution in [0.25, 0.3) is 11.1 Å². The number of hydrogen-bond acceptors (Lipinski definition) is 4. The van der Waals surface area contributed by atoms with Crippen LogP contribution >= 0.6 is 0 Å². The predicted molar refractivity (Wildman–Crippen MR) is 107 cm³/mol. The zero-order valence-corrected chi connectivity index (χ0v) is 16.3. The van der Waals surface area contributed by atoms with E-state index in [1.54, 1.807) is 19.2 Å². The molecule has 2 aliphatic heterocycles. The van der Waals surface area contributed by atoms with Crippen LogP contribution in [0.2, 0.25) is 0 Å². The molecule has 0 aliphatic carbocycles. The van der Waals surface area contributed by atoms with Gasteiger partial charge >= 0.3 is 6.09 Å². The molecule has 4 rings (SSSR count). The fourth-order valence-corrected chi connectivity index (χ4v) is 3.87. The summed E-state index contributed by atoms with van der Waals surface area (Å²) in [6.45, 7) is 1.49. The van der Waals surface area contributed by atoms with Gasteiger partial charge in [-0.1, -0.05) is 18.2 Å². The lowest BCUT2D eigenvalue weighted by Gasteiger charge is -2.36. The maximum absolute atomic E-state index is 11.7. The molecule has 2 aliphatic rings. The standard InChI is InChI=1S/C22H24N2O5/c1-23-20(25)15-4-2-14(3-5-15)17-6-7-19-18(12-17)13-28-21(29-19)16-8-10-24(11-9-16)22(26)27/h2-7,12,16,21H,8-11,13H2,1H3,(H,23,25)(H,26,27). The summed E-state index contributed by atoms with van der Waals surface area (Å²) >= 11 is 0. The summed E-state index contributed by atoms with van der Waals surface area (Å²) in [5.74, 6) is 0.896. The number of nitrogens with one attached hydrogen (secondary N) is 1. The van der Waals surface area contributed by atoms with Crippen molar-refractivity contribution in [3.63, 3.8) is 0 Å². The van der Waals surface area contributed by atoms with E-state index in [0.717, 1.165) is 35.3 Å². The zero-order chi connectivity index (χ0) is 20.4. The summed E-state index contributed by atoms with van der Waals surface area (Å²) < 4.78 is 12.0. The van der Waals surface area contributed by atoms with Crippen LogP contribution in [0, 0.1) is 5.92 Å². The Labute approximate surface area is 169 Å². The van der Waals surface area contributed by atoms with Crippen LogP contribution in [-0.4, -0.2) is 48.4 Å². The third-order valence-corrected chi connectivity index (χ3v) is 5.61. The minimum absolute atomic E-state index is 0.107. The van der Waals surface area contributed by atoms with Crippen molar-refractivity contribution in [3.05, 3.63) is 53.6 Å². The summed E-state index contributed by atoms with van der Waals surface area (Å²) in [5, 5.41) is 11.7. The second kappa shape index (κ2) is 8.13. The van der Waals surface area contributed by atoms with Crippen LogP contribution in [0.15, 0.2) is 42.5 Å². The SMILES string of the molecule is CNC(=O)c1ccc(-c2ccc3c(c2)COC(C2CCN(C(=O)O)CC2)O3)cc1. The van der Waals surface area contributed by atoms with Crippen molar-refractivity contribution in [3.8, 4) is 16.9 Å². The van der Waals surface area contributed by atoms with E-state index >= 15 is 0 Å². The number of ether oxygens (including phenoxy) is 2. The zero-order valence-electron chi connectivity index (χ0n) is 16.3. The first-order chi connectivity index (χ1) is 14.0. The Hall–Kier alpha value is -3.06. The number of benzene rings is 2. The molecule has 0 saturated carbocycles. The molecule has 152 valence electrons. The fraction of sp³-hybridized carbons (Fsp3) is 0.364. The maximum atomic E-state index is 11.7. The molecule has 0 radical (unpaired) electrons. The van der Waals surface area contributed by atoms with Gasteiger partial charge in [-0.3, -0.25) is 4.79 Å². The number of fused-ring (bicyclic) bond motifs is 1. The average Bonchev–Trinajstić information content (AvgIpc) is 2.78. The van der Waals surface area contributed by atoms with Crippen molar-refractivity contribution in [2.24, 2.45) is 5.92 Å². The quantitative estimate of drug-likeness (QED) is 0.831. The molecule has 0 aromatic heterocycles. The normalized spacial score (nSPS) is 19.2. The summed E-state index contributed by atoms with van der Waals surface area (Å²) in [5.41, 5.74) is 3.66. The number of amides is 2. The van der Waals surface area contributed by atoms with Gasteiger partial charge in [0.2, 0.25) is 6.29 Å². The lowest BCUT2D eigenvalue weighted by Crippen LogP contribution is -2.43. The molecule has 7 nitrogen and oxygen atoms in total. The van der Waals surface area contributed by atoms with Gasteiger partial charge in [0.1, 0.15) is 5.75 Å². The topological polar surface area (TPSA) is 88.1 Å². The predicted octanol–water partition coefficient (Wildman–Crippen LogP) is 3.34. The van der Waals surface area contributed by atoms with Crippen molar-refractivity contribution in [2.75, 3.05) is 20.1 Å². The Morgan fingerprint density at radius 1 is 1.07 bits per heavy atom. The Morgan fingerprint density at radius 3 is 2.41 bits per heavy atom. The van der Waals surface area contributed by atoms with E-state index in [4.69, 9.17) is 14.6 Å². The molecule has 0 bridgehead atoms. The number of piperidine rings is 1. The fourth-order valence-electron chi connectivity index (χ4n) is 3.87. The summed E-state index contributed by atoms with van der Waals surface area (Å²) in [6, 6.07) is 13.5. The number of carboxylic acid groups (broad SMARTS) is 1.